The van der Waals surface area contributed by atoms with Crippen molar-refractivity contribution in [3.8, 4) is 0 Å². The molecule has 0 saturated carbocycles. The van der Waals surface area contributed by atoms with Gasteiger partial charge in [-0.3, -0.25) is 4.90 Å². The van der Waals surface area contributed by atoms with E-state index in [1.54, 1.807) is 0 Å². The first kappa shape index (κ1) is 15.4. The highest BCUT2D eigenvalue weighted by molar-refractivity contribution is 5.00. The van der Waals surface area contributed by atoms with E-state index >= 15 is 0 Å². The molecule has 1 fully saturated rings. The quantitative estimate of drug-likeness (QED) is 0.854. The highest BCUT2D eigenvalue weighted by Gasteiger charge is 2.28. The smallest absolute Gasteiger partial charge is 0.231 e. The fourth-order valence-electron chi connectivity index (χ4n) is 2.69. The molecular weight excluding hydrogens is 256 g/mol. The molecule has 1 saturated heterocycles. The molecule has 3 unspecified atom stereocenters. The SMILES string of the molecule is CCC(NC)C(C)c1nc(C2CN(CC)CCO2)no1. The van der Waals surface area contributed by atoms with Gasteiger partial charge >= 0.3 is 0 Å². The van der Waals surface area contributed by atoms with Crippen molar-refractivity contribution in [2.75, 3.05) is 33.3 Å². The third-order valence-electron chi connectivity index (χ3n) is 4.15. The summed E-state index contributed by atoms with van der Waals surface area (Å²) in [4.78, 5) is 6.89. The molecule has 0 amide bonds. The summed E-state index contributed by atoms with van der Waals surface area (Å²) in [7, 11) is 1.96. The number of hydrogen-bond acceptors (Lipinski definition) is 6. The Morgan fingerprint density at radius 1 is 1.45 bits per heavy atom. The van der Waals surface area contributed by atoms with Gasteiger partial charge in [0.25, 0.3) is 0 Å². The minimum Gasteiger partial charge on any atom is -0.367 e. The average Bonchev–Trinajstić information content (AvgIpc) is 2.98. The Morgan fingerprint density at radius 2 is 2.25 bits per heavy atom. The molecule has 6 nitrogen and oxygen atoms in total. The normalized spacial score (nSPS) is 23.7. The Kier molecular flexibility index (Phi) is 5.51. The first-order valence-corrected chi connectivity index (χ1v) is 7.54. The summed E-state index contributed by atoms with van der Waals surface area (Å²) in [6, 6.07) is 0.350. The molecule has 2 rings (SSSR count). The molecule has 0 aromatic carbocycles. The van der Waals surface area contributed by atoms with Crippen LogP contribution in [0.25, 0.3) is 0 Å². The lowest BCUT2D eigenvalue weighted by molar-refractivity contribution is -0.0334. The van der Waals surface area contributed by atoms with E-state index in [1.165, 1.54) is 0 Å². The van der Waals surface area contributed by atoms with Crippen molar-refractivity contribution in [1.29, 1.82) is 0 Å². The second-order valence-corrected chi connectivity index (χ2v) is 5.34. The molecule has 0 aliphatic carbocycles. The molecular formula is C14H26N4O2. The van der Waals surface area contributed by atoms with Gasteiger partial charge in [-0.1, -0.05) is 25.9 Å². The second-order valence-electron chi connectivity index (χ2n) is 5.34. The van der Waals surface area contributed by atoms with E-state index < -0.39 is 0 Å². The van der Waals surface area contributed by atoms with Crippen LogP contribution in [-0.4, -0.2) is 54.4 Å². The number of likely N-dealkylation sites (N-methyl/N-ethyl adjacent to an activating group) is 2. The van der Waals surface area contributed by atoms with Gasteiger partial charge in [-0.25, -0.2) is 0 Å². The molecule has 114 valence electrons. The van der Waals surface area contributed by atoms with Crippen LogP contribution in [0.3, 0.4) is 0 Å². The fraction of sp³-hybridized carbons (Fsp3) is 0.857. The molecule has 0 radical (unpaired) electrons. The van der Waals surface area contributed by atoms with E-state index in [2.05, 4.69) is 41.1 Å². The van der Waals surface area contributed by atoms with Crippen molar-refractivity contribution >= 4 is 0 Å². The minimum absolute atomic E-state index is 0.0666. The Balaban J connectivity index is 2.04. The van der Waals surface area contributed by atoms with Crippen LogP contribution in [0, 0.1) is 0 Å². The number of ether oxygens (including phenoxy) is 1. The van der Waals surface area contributed by atoms with Gasteiger partial charge in [0.2, 0.25) is 11.7 Å². The van der Waals surface area contributed by atoms with Crippen LogP contribution in [-0.2, 0) is 4.74 Å². The zero-order valence-electron chi connectivity index (χ0n) is 12.9. The first-order valence-electron chi connectivity index (χ1n) is 7.54. The predicted octanol–water partition coefficient (Wildman–Crippen LogP) is 1.56. The van der Waals surface area contributed by atoms with Crippen LogP contribution < -0.4 is 5.32 Å². The lowest BCUT2D eigenvalue weighted by Gasteiger charge is -2.30. The largest absolute Gasteiger partial charge is 0.367 e. The van der Waals surface area contributed by atoms with Crippen molar-refractivity contribution in [2.24, 2.45) is 0 Å². The maximum absolute atomic E-state index is 5.76. The van der Waals surface area contributed by atoms with Crippen LogP contribution >= 0.6 is 0 Å². The zero-order valence-corrected chi connectivity index (χ0v) is 12.9. The van der Waals surface area contributed by atoms with Crippen LogP contribution in [0.5, 0.6) is 0 Å². The number of hydrogen-bond donors (Lipinski definition) is 1. The summed E-state index contributed by atoms with van der Waals surface area (Å²) in [5.41, 5.74) is 0. The molecule has 1 N–H and O–H groups in total. The van der Waals surface area contributed by atoms with Crippen molar-refractivity contribution in [1.82, 2.24) is 20.4 Å². The number of rotatable bonds is 6. The van der Waals surface area contributed by atoms with Crippen LogP contribution in [0.4, 0.5) is 0 Å². The van der Waals surface area contributed by atoms with E-state index in [9.17, 15) is 0 Å². The highest BCUT2D eigenvalue weighted by atomic mass is 16.5. The monoisotopic (exact) mass is 282 g/mol. The molecule has 1 aromatic heterocycles. The maximum atomic E-state index is 5.76. The van der Waals surface area contributed by atoms with Crippen molar-refractivity contribution in [3.05, 3.63) is 11.7 Å². The third kappa shape index (κ3) is 3.37. The lowest BCUT2D eigenvalue weighted by atomic mass is 10.00. The summed E-state index contributed by atoms with van der Waals surface area (Å²) < 4.78 is 11.2. The Hall–Kier alpha value is -0.980. The van der Waals surface area contributed by atoms with E-state index in [0.29, 0.717) is 17.8 Å². The van der Waals surface area contributed by atoms with E-state index in [4.69, 9.17) is 9.26 Å². The van der Waals surface area contributed by atoms with Crippen LogP contribution in [0.15, 0.2) is 4.52 Å². The number of nitrogens with one attached hydrogen (secondary N) is 1. The summed E-state index contributed by atoms with van der Waals surface area (Å²) in [6.45, 7) is 9.99. The van der Waals surface area contributed by atoms with Gasteiger partial charge in [-0.15, -0.1) is 0 Å². The molecule has 3 atom stereocenters. The number of nitrogens with zero attached hydrogens (tertiary/aromatic N) is 3. The van der Waals surface area contributed by atoms with Gasteiger partial charge in [0, 0.05) is 19.1 Å². The molecule has 0 bridgehead atoms. The van der Waals surface area contributed by atoms with Gasteiger partial charge in [-0.2, -0.15) is 4.98 Å². The van der Waals surface area contributed by atoms with Crippen LogP contribution in [0.2, 0.25) is 0 Å². The van der Waals surface area contributed by atoms with Crippen molar-refractivity contribution < 1.29 is 9.26 Å². The molecule has 1 aliphatic rings. The van der Waals surface area contributed by atoms with Crippen LogP contribution in [0.1, 0.15) is 50.9 Å². The zero-order chi connectivity index (χ0) is 14.5. The number of aromatic nitrogens is 2. The third-order valence-corrected chi connectivity index (χ3v) is 4.15. The van der Waals surface area contributed by atoms with Gasteiger partial charge in [0.1, 0.15) is 6.10 Å². The standard InChI is InChI=1S/C14H26N4O2/c1-5-11(15-4)10(3)14-16-13(17-20-14)12-9-18(6-2)7-8-19-12/h10-12,15H,5-9H2,1-4H3. The Morgan fingerprint density at radius 3 is 2.90 bits per heavy atom. The summed E-state index contributed by atoms with van der Waals surface area (Å²) in [6.07, 6.45) is 0.960. The second kappa shape index (κ2) is 7.15. The van der Waals surface area contributed by atoms with Gasteiger partial charge in [0.05, 0.1) is 12.5 Å². The van der Waals surface area contributed by atoms with Gasteiger partial charge in [-0.05, 0) is 20.0 Å². The average molecular weight is 282 g/mol. The molecule has 1 aromatic rings. The summed E-state index contributed by atoms with van der Waals surface area (Å²) in [5, 5.41) is 7.40. The van der Waals surface area contributed by atoms with E-state index in [-0.39, 0.29) is 12.0 Å². The Labute approximate surface area is 120 Å². The van der Waals surface area contributed by atoms with E-state index in [0.717, 1.165) is 32.7 Å². The molecule has 0 spiro atoms. The van der Waals surface area contributed by atoms with Crippen molar-refractivity contribution in [2.45, 2.75) is 45.3 Å². The summed E-state index contributed by atoms with van der Waals surface area (Å²) in [5.74, 6) is 1.58. The van der Waals surface area contributed by atoms with Crippen molar-refractivity contribution in [3.63, 3.8) is 0 Å². The number of morpholine rings is 1. The molecule has 20 heavy (non-hydrogen) atoms. The molecule has 1 aliphatic heterocycles. The predicted molar refractivity (Wildman–Crippen MR) is 76.7 cm³/mol. The first-order chi connectivity index (χ1) is 9.69. The highest BCUT2D eigenvalue weighted by Crippen LogP contribution is 2.24. The van der Waals surface area contributed by atoms with Gasteiger partial charge < -0.3 is 14.6 Å². The topological polar surface area (TPSA) is 63.4 Å². The van der Waals surface area contributed by atoms with Gasteiger partial charge in [0.15, 0.2) is 0 Å². The molecule has 2 heterocycles. The summed E-state index contributed by atoms with van der Waals surface area (Å²) >= 11 is 0. The minimum atomic E-state index is -0.0666. The molecule has 6 heteroatoms. The fourth-order valence-corrected chi connectivity index (χ4v) is 2.69. The maximum Gasteiger partial charge on any atom is 0.231 e. The van der Waals surface area contributed by atoms with E-state index in [1.807, 2.05) is 7.05 Å². The Bertz CT molecular complexity index is 406. The lowest BCUT2D eigenvalue weighted by Crippen LogP contribution is -2.38.